The summed E-state index contributed by atoms with van der Waals surface area (Å²) in [4.78, 5) is 12.8. The van der Waals surface area contributed by atoms with Gasteiger partial charge in [0.05, 0.1) is 26.2 Å². The minimum Gasteiger partial charge on any atom is -0.497 e. The molecule has 0 bridgehead atoms. The first-order chi connectivity index (χ1) is 13.0. The predicted octanol–water partition coefficient (Wildman–Crippen LogP) is 4.84. The Balaban J connectivity index is 1.77. The van der Waals surface area contributed by atoms with Crippen LogP contribution in [0.1, 0.15) is 36.9 Å². The summed E-state index contributed by atoms with van der Waals surface area (Å²) >= 11 is 0. The van der Waals surface area contributed by atoms with Crippen molar-refractivity contribution >= 4 is 16.7 Å². The molecule has 0 aliphatic rings. The highest BCUT2D eigenvalue weighted by molar-refractivity contribution is 5.88. The van der Waals surface area contributed by atoms with Crippen LogP contribution in [-0.4, -0.2) is 20.1 Å². The Labute approximate surface area is 160 Å². The number of ether oxygens (including phenoxy) is 2. The van der Waals surface area contributed by atoms with Crippen molar-refractivity contribution < 1.29 is 14.3 Å². The summed E-state index contributed by atoms with van der Waals surface area (Å²) in [5, 5.41) is 5.28. The van der Waals surface area contributed by atoms with E-state index in [9.17, 15) is 4.79 Å². The van der Waals surface area contributed by atoms with E-state index in [1.54, 1.807) is 14.2 Å². The van der Waals surface area contributed by atoms with Gasteiger partial charge in [0.2, 0.25) is 5.91 Å². The molecule has 0 aliphatic carbocycles. The second-order valence-electron chi connectivity index (χ2n) is 6.67. The average Bonchev–Trinajstić information content (AvgIpc) is 2.72. The molecule has 4 nitrogen and oxygen atoms in total. The molecule has 0 fully saturated rings. The summed E-state index contributed by atoms with van der Waals surface area (Å²) in [6.45, 7) is 3.89. The van der Waals surface area contributed by atoms with Crippen molar-refractivity contribution in [1.82, 2.24) is 5.32 Å². The van der Waals surface area contributed by atoms with Crippen LogP contribution >= 0.6 is 0 Å². The second-order valence-corrected chi connectivity index (χ2v) is 6.67. The van der Waals surface area contributed by atoms with Crippen molar-refractivity contribution in [2.24, 2.45) is 0 Å². The number of amides is 1. The molecule has 27 heavy (non-hydrogen) atoms. The lowest BCUT2D eigenvalue weighted by atomic mass is 9.96. The van der Waals surface area contributed by atoms with Crippen LogP contribution in [0.25, 0.3) is 10.8 Å². The first-order valence-electron chi connectivity index (χ1n) is 9.04. The molecule has 2 atom stereocenters. The van der Waals surface area contributed by atoms with Crippen LogP contribution in [0.4, 0.5) is 0 Å². The van der Waals surface area contributed by atoms with Crippen molar-refractivity contribution in [1.29, 1.82) is 0 Å². The monoisotopic (exact) mass is 363 g/mol. The summed E-state index contributed by atoms with van der Waals surface area (Å²) in [6, 6.07) is 19.6. The molecule has 140 valence electrons. The zero-order valence-electron chi connectivity index (χ0n) is 16.2. The van der Waals surface area contributed by atoms with Crippen molar-refractivity contribution in [3.05, 3.63) is 71.8 Å². The van der Waals surface area contributed by atoms with E-state index >= 15 is 0 Å². The third-order valence-electron chi connectivity index (χ3n) is 4.93. The molecular formula is C23H25NO3. The zero-order valence-corrected chi connectivity index (χ0v) is 16.2. The molecule has 0 aromatic heterocycles. The van der Waals surface area contributed by atoms with Gasteiger partial charge in [0.15, 0.2) is 0 Å². The largest absolute Gasteiger partial charge is 0.497 e. The molecule has 0 saturated carbocycles. The summed E-state index contributed by atoms with van der Waals surface area (Å²) in [7, 11) is 3.30. The lowest BCUT2D eigenvalue weighted by Crippen LogP contribution is -2.30. The van der Waals surface area contributed by atoms with Crippen molar-refractivity contribution in [2.45, 2.75) is 25.8 Å². The van der Waals surface area contributed by atoms with Gasteiger partial charge in [0.1, 0.15) is 11.5 Å². The first kappa shape index (κ1) is 18.8. The van der Waals surface area contributed by atoms with Gasteiger partial charge < -0.3 is 14.8 Å². The van der Waals surface area contributed by atoms with Crippen LogP contribution in [0.15, 0.2) is 60.7 Å². The Morgan fingerprint density at radius 2 is 1.59 bits per heavy atom. The van der Waals surface area contributed by atoms with Gasteiger partial charge in [-0.15, -0.1) is 0 Å². The Morgan fingerprint density at radius 1 is 0.889 bits per heavy atom. The number of rotatable bonds is 6. The molecule has 4 heteroatoms. The quantitative estimate of drug-likeness (QED) is 0.682. The van der Waals surface area contributed by atoms with E-state index in [2.05, 4.69) is 11.4 Å². The Hall–Kier alpha value is -3.01. The Bertz CT molecular complexity index is 951. The van der Waals surface area contributed by atoms with E-state index in [-0.39, 0.29) is 17.9 Å². The zero-order chi connectivity index (χ0) is 19.4. The van der Waals surface area contributed by atoms with Crippen molar-refractivity contribution in [3.8, 4) is 11.5 Å². The smallest absolute Gasteiger partial charge is 0.227 e. The van der Waals surface area contributed by atoms with Crippen LogP contribution in [0.5, 0.6) is 11.5 Å². The highest BCUT2D eigenvalue weighted by Gasteiger charge is 2.19. The van der Waals surface area contributed by atoms with Crippen LogP contribution in [-0.2, 0) is 4.79 Å². The van der Waals surface area contributed by atoms with Gasteiger partial charge in [-0.2, -0.15) is 0 Å². The normalized spacial score (nSPS) is 13.0. The number of para-hydroxylation sites is 1. The molecule has 3 aromatic carbocycles. The fraction of sp³-hybridized carbons (Fsp3) is 0.261. The predicted molar refractivity (Wildman–Crippen MR) is 108 cm³/mol. The third kappa shape index (κ3) is 4.05. The van der Waals surface area contributed by atoms with E-state index < -0.39 is 0 Å². The topological polar surface area (TPSA) is 47.6 Å². The lowest BCUT2D eigenvalue weighted by Gasteiger charge is -2.20. The molecule has 1 amide bonds. The maximum Gasteiger partial charge on any atom is 0.227 e. The van der Waals surface area contributed by atoms with Crippen LogP contribution in [0.2, 0.25) is 0 Å². The Morgan fingerprint density at radius 3 is 2.33 bits per heavy atom. The van der Waals surface area contributed by atoms with Gasteiger partial charge in [-0.05, 0) is 48.4 Å². The van der Waals surface area contributed by atoms with Gasteiger partial charge in [-0.1, -0.05) is 42.5 Å². The lowest BCUT2D eigenvalue weighted by molar-refractivity contribution is -0.122. The van der Waals surface area contributed by atoms with Gasteiger partial charge in [0.25, 0.3) is 0 Å². The fourth-order valence-corrected chi connectivity index (χ4v) is 3.23. The molecular weight excluding hydrogens is 338 g/mol. The minimum absolute atomic E-state index is 0.0127. The highest BCUT2D eigenvalue weighted by atomic mass is 16.5. The number of methoxy groups -OCH3 is 2. The molecule has 0 aliphatic heterocycles. The van der Waals surface area contributed by atoms with Gasteiger partial charge in [-0.3, -0.25) is 4.79 Å². The molecule has 3 aromatic rings. The van der Waals surface area contributed by atoms with Gasteiger partial charge in [-0.25, -0.2) is 0 Å². The molecule has 0 saturated heterocycles. The number of carbonyl (C=O) groups excluding carboxylic acids is 1. The molecule has 3 rings (SSSR count). The highest BCUT2D eigenvalue weighted by Crippen LogP contribution is 2.27. The fourth-order valence-electron chi connectivity index (χ4n) is 3.23. The first-order valence-corrected chi connectivity index (χ1v) is 9.04. The van der Waals surface area contributed by atoms with Crippen LogP contribution in [0.3, 0.4) is 0 Å². The van der Waals surface area contributed by atoms with E-state index in [1.165, 1.54) is 0 Å². The maximum absolute atomic E-state index is 12.8. The van der Waals surface area contributed by atoms with E-state index in [1.807, 2.05) is 68.4 Å². The number of carbonyl (C=O) groups is 1. The Kier molecular flexibility index (Phi) is 5.65. The SMILES string of the molecule is COc1ccc2cc([C@@H](C)C(=O)N[C@H](C)c3ccccc3OC)ccc2c1. The number of fused-ring (bicyclic) bond motifs is 1. The maximum atomic E-state index is 12.8. The number of benzene rings is 3. The number of nitrogens with one attached hydrogen (secondary N) is 1. The van der Waals surface area contributed by atoms with E-state index in [4.69, 9.17) is 9.47 Å². The number of hydrogen-bond acceptors (Lipinski definition) is 3. The third-order valence-corrected chi connectivity index (χ3v) is 4.93. The van der Waals surface area contributed by atoms with E-state index in [0.717, 1.165) is 33.4 Å². The number of hydrogen-bond donors (Lipinski definition) is 1. The second kappa shape index (κ2) is 8.12. The molecule has 0 heterocycles. The summed E-state index contributed by atoms with van der Waals surface area (Å²) < 4.78 is 10.7. The summed E-state index contributed by atoms with van der Waals surface area (Å²) in [6.07, 6.45) is 0. The molecule has 0 unspecified atom stereocenters. The summed E-state index contributed by atoms with van der Waals surface area (Å²) in [5.41, 5.74) is 1.95. The van der Waals surface area contributed by atoms with E-state index in [0.29, 0.717) is 0 Å². The van der Waals surface area contributed by atoms with Crippen LogP contribution in [0, 0.1) is 0 Å². The standard InChI is InChI=1S/C23H25NO3/c1-15(17-9-10-19-14-20(26-3)12-11-18(19)13-17)23(25)24-16(2)21-7-5-6-8-22(21)27-4/h5-16H,1-4H3,(H,24,25)/t15-,16-/m1/s1. The molecule has 1 N–H and O–H groups in total. The average molecular weight is 363 g/mol. The van der Waals surface area contributed by atoms with Gasteiger partial charge >= 0.3 is 0 Å². The van der Waals surface area contributed by atoms with Crippen molar-refractivity contribution in [3.63, 3.8) is 0 Å². The summed E-state index contributed by atoms with van der Waals surface area (Å²) in [5.74, 6) is 1.33. The van der Waals surface area contributed by atoms with Gasteiger partial charge in [0, 0.05) is 5.56 Å². The minimum atomic E-state index is -0.256. The molecule has 0 spiro atoms. The van der Waals surface area contributed by atoms with Crippen molar-refractivity contribution in [2.75, 3.05) is 14.2 Å². The van der Waals surface area contributed by atoms with Crippen LogP contribution < -0.4 is 14.8 Å². The molecule has 0 radical (unpaired) electrons.